The number of amides is 1. The topological polar surface area (TPSA) is 60.0 Å². The number of rotatable bonds is 10. The van der Waals surface area contributed by atoms with E-state index >= 15 is 0 Å². The third kappa shape index (κ3) is 5.89. The highest BCUT2D eigenvalue weighted by atomic mass is 16.5. The SMILES string of the molecule is COc1cc(CCC(=O)NC[C@H](c2ccccc2OC)N(C)C)cc(OC)c1. The monoisotopic (exact) mass is 386 g/mol. The molecule has 0 fully saturated rings. The van der Waals surface area contributed by atoms with Gasteiger partial charge in [-0.05, 0) is 44.3 Å². The summed E-state index contributed by atoms with van der Waals surface area (Å²) in [5, 5.41) is 3.04. The minimum absolute atomic E-state index is 0.00327. The fraction of sp³-hybridized carbons (Fsp3) is 0.409. The van der Waals surface area contributed by atoms with E-state index in [2.05, 4.69) is 10.2 Å². The van der Waals surface area contributed by atoms with Crippen LogP contribution in [-0.2, 0) is 11.2 Å². The van der Waals surface area contributed by atoms with Gasteiger partial charge in [-0.3, -0.25) is 4.79 Å². The van der Waals surface area contributed by atoms with Gasteiger partial charge in [0.2, 0.25) is 5.91 Å². The molecule has 1 N–H and O–H groups in total. The number of hydrogen-bond acceptors (Lipinski definition) is 5. The van der Waals surface area contributed by atoms with Gasteiger partial charge in [0.15, 0.2) is 0 Å². The Morgan fingerprint density at radius 1 is 1.00 bits per heavy atom. The molecule has 2 aromatic rings. The molecule has 0 bridgehead atoms. The second-order valence-electron chi connectivity index (χ2n) is 6.75. The van der Waals surface area contributed by atoms with E-state index in [0.717, 1.165) is 28.4 Å². The van der Waals surface area contributed by atoms with Crippen LogP contribution in [-0.4, -0.2) is 52.8 Å². The van der Waals surface area contributed by atoms with Crippen molar-refractivity contribution in [1.29, 1.82) is 0 Å². The Morgan fingerprint density at radius 2 is 1.64 bits per heavy atom. The standard InChI is InChI=1S/C22H30N2O4/c1-24(2)20(19-8-6-7-9-21(19)28-5)15-23-22(25)11-10-16-12-17(26-3)14-18(13-16)27-4/h6-9,12-14,20H,10-11,15H2,1-5H3,(H,23,25)/t20-/m1/s1. The Hall–Kier alpha value is -2.73. The molecule has 2 aromatic carbocycles. The molecule has 28 heavy (non-hydrogen) atoms. The van der Waals surface area contributed by atoms with Crippen molar-refractivity contribution in [1.82, 2.24) is 10.2 Å². The molecule has 0 aromatic heterocycles. The predicted octanol–water partition coefficient (Wildman–Crippen LogP) is 3.06. The Balaban J connectivity index is 1.97. The average molecular weight is 386 g/mol. The molecule has 0 unspecified atom stereocenters. The van der Waals surface area contributed by atoms with Gasteiger partial charge in [-0.2, -0.15) is 0 Å². The van der Waals surface area contributed by atoms with Crippen LogP contribution in [0.5, 0.6) is 17.2 Å². The zero-order valence-corrected chi connectivity index (χ0v) is 17.3. The van der Waals surface area contributed by atoms with Gasteiger partial charge in [0.1, 0.15) is 17.2 Å². The van der Waals surface area contributed by atoms with Crippen molar-refractivity contribution in [3.63, 3.8) is 0 Å². The molecule has 6 heteroatoms. The molecule has 2 rings (SSSR count). The van der Waals surface area contributed by atoms with Gasteiger partial charge < -0.3 is 24.4 Å². The van der Waals surface area contributed by atoms with Gasteiger partial charge in [-0.25, -0.2) is 0 Å². The smallest absolute Gasteiger partial charge is 0.220 e. The van der Waals surface area contributed by atoms with Gasteiger partial charge in [-0.15, -0.1) is 0 Å². The van der Waals surface area contributed by atoms with E-state index in [1.165, 1.54) is 0 Å². The van der Waals surface area contributed by atoms with Crippen molar-refractivity contribution in [2.75, 3.05) is 42.0 Å². The number of benzene rings is 2. The first-order valence-corrected chi connectivity index (χ1v) is 9.26. The fourth-order valence-corrected chi connectivity index (χ4v) is 3.08. The van der Waals surface area contributed by atoms with E-state index in [1.54, 1.807) is 21.3 Å². The lowest BCUT2D eigenvalue weighted by Gasteiger charge is -2.26. The van der Waals surface area contributed by atoms with Gasteiger partial charge in [0.05, 0.1) is 27.4 Å². The number of hydrogen-bond donors (Lipinski definition) is 1. The molecule has 0 spiro atoms. The van der Waals surface area contributed by atoms with Crippen LogP contribution >= 0.6 is 0 Å². The van der Waals surface area contributed by atoms with Crippen LogP contribution in [0.4, 0.5) is 0 Å². The zero-order valence-electron chi connectivity index (χ0n) is 17.3. The maximum absolute atomic E-state index is 12.4. The number of ether oxygens (including phenoxy) is 3. The molecular weight excluding hydrogens is 356 g/mol. The van der Waals surface area contributed by atoms with E-state index < -0.39 is 0 Å². The summed E-state index contributed by atoms with van der Waals surface area (Å²) in [5.41, 5.74) is 2.05. The van der Waals surface area contributed by atoms with Gasteiger partial charge in [0, 0.05) is 24.6 Å². The van der Waals surface area contributed by atoms with Crippen LogP contribution in [0, 0.1) is 0 Å². The highest BCUT2D eigenvalue weighted by molar-refractivity contribution is 5.76. The first kappa shape index (κ1) is 21.6. The Morgan fingerprint density at radius 3 is 2.21 bits per heavy atom. The zero-order chi connectivity index (χ0) is 20.5. The summed E-state index contributed by atoms with van der Waals surface area (Å²) in [5.74, 6) is 2.26. The maximum atomic E-state index is 12.4. The lowest BCUT2D eigenvalue weighted by atomic mass is 10.0. The molecule has 0 saturated heterocycles. The van der Waals surface area contributed by atoms with Crippen molar-refractivity contribution in [3.8, 4) is 17.2 Å². The number of nitrogens with one attached hydrogen (secondary N) is 1. The Bertz CT molecular complexity index is 755. The van der Waals surface area contributed by atoms with Crippen LogP contribution in [0.25, 0.3) is 0 Å². The van der Waals surface area contributed by atoms with Gasteiger partial charge >= 0.3 is 0 Å². The first-order valence-electron chi connectivity index (χ1n) is 9.26. The lowest BCUT2D eigenvalue weighted by Crippen LogP contribution is -2.34. The minimum atomic E-state index is 0.00327. The number of carbonyl (C=O) groups is 1. The number of carbonyl (C=O) groups excluding carboxylic acids is 1. The molecular formula is C22H30N2O4. The summed E-state index contributed by atoms with van der Waals surface area (Å²) < 4.78 is 16.0. The van der Waals surface area contributed by atoms with Crippen LogP contribution in [0.3, 0.4) is 0 Å². The van der Waals surface area contributed by atoms with Crippen LogP contribution < -0.4 is 19.5 Å². The number of para-hydroxylation sites is 1. The van der Waals surface area contributed by atoms with Crippen LogP contribution in [0.15, 0.2) is 42.5 Å². The number of likely N-dealkylation sites (N-methyl/N-ethyl adjacent to an activating group) is 1. The third-order valence-corrected chi connectivity index (χ3v) is 4.67. The van der Waals surface area contributed by atoms with Gasteiger partial charge in [0.25, 0.3) is 0 Å². The van der Waals surface area contributed by atoms with Crippen molar-refractivity contribution in [3.05, 3.63) is 53.6 Å². The van der Waals surface area contributed by atoms with E-state index in [4.69, 9.17) is 14.2 Å². The molecule has 0 radical (unpaired) electrons. The Kier molecular flexibility index (Phi) is 8.14. The van der Waals surface area contributed by atoms with Crippen molar-refractivity contribution in [2.24, 2.45) is 0 Å². The van der Waals surface area contributed by atoms with Crippen molar-refractivity contribution in [2.45, 2.75) is 18.9 Å². The van der Waals surface area contributed by atoms with E-state index in [1.807, 2.05) is 56.6 Å². The number of aryl methyl sites for hydroxylation is 1. The summed E-state index contributed by atoms with van der Waals surface area (Å²) in [6, 6.07) is 13.6. The minimum Gasteiger partial charge on any atom is -0.497 e. The Labute approximate surface area is 167 Å². The summed E-state index contributed by atoms with van der Waals surface area (Å²) in [6.07, 6.45) is 1.00. The lowest BCUT2D eigenvalue weighted by molar-refractivity contribution is -0.121. The normalized spacial score (nSPS) is 11.8. The van der Waals surface area contributed by atoms with Crippen LogP contribution in [0.1, 0.15) is 23.6 Å². The largest absolute Gasteiger partial charge is 0.497 e. The van der Waals surface area contributed by atoms with Crippen LogP contribution in [0.2, 0.25) is 0 Å². The van der Waals surface area contributed by atoms with E-state index in [9.17, 15) is 4.79 Å². The molecule has 152 valence electrons. The second-order valence-corrected chi connectivity index (χ2v) is 6.75. The number of nitrogens with zero attached hydrogens (tertiary/aromatic N) is 1. The number of methoxy groups -OCH3 is 3. The summed E-state index contributed by atoms with van der Waals surface area (Å²) in [7, 11) is 8.87. The van der Waals surface area contributed by atoms with Crippen molar-refractivity contribution >= 4 is 5.91 Å². The van der Waals surface area contributed by atoms with E-state index in [-0.39, 0.29) is 11.9 Å². The molecule has 0 saturated carbocycles. The maximum Gasteiger partial charge on any atom is 0.220 e. The molecule has 0 heterocycles. The second kappa shape index (κ2) is 10.6. The fourth-order valence-electron chi connectivity index (χ4n) is 3.08. The molecule has 0 aliphatic heterocycles. The highest BCUT2D eigenvalue weighted by Crippen LogP contribution is 2.27. The quantitative estimate of drug-likeness (QED) is 0.680. The first-order chi connectivity index (χ1) is 13.5. The molecule has 0 aliphatic carbocycles. The summed E-state index contributed by atoms with van der Waals surface area (Å²) >= 11 is 0. The molecule has 0 aliphatic rings. The molecule has 1 atom stereocenters. The van der Waals surface area contributed by atoms with Gasteiger partial charge in [-0.1, -0.05) is 18.2 Å². The third-order valence-electron chi connectivity index (χ3n) is 4.67. The summed E-state index contributed by atoms with van der Waals surface area (Å²) in [6.45, 7) is 0.508. The highest BCUT2D eigenvalue weighted by Gasteiger charge is 2.19. The predicted molar refractivity (Wildman–Crippen MR) is 110 cm³/mol. The molecule has 1 amide bonds. The summed E-state index contributed by atoms with van der Waals surface area (Å²) in [4.78, 5) is 14.5. The van der Waals surface area contributed by atoms with E-state index in [0.29, 0.717) is 19.4 Å². The van der Waals surface area contributed by atoms with Crippen molar-refractivity contribution < 1.29 is 19.0 Å². The molecule has 6 nitrogen and oxygen atoms in total. The average Bonchev–Trinajstić information content (AvgIpc) is 2.72.